The van der Waals surface area contributed by atoms with Crippen LogP contribution in [0.4, 0.5) is 0 Å². The minimum Gasteiger partial charge on any atom is -0.341 e. The quantitative estimate of drug-likeness (QED) is 0.719. The lowest BCUT2D eigenvalue weighted by molar-refractivity contribution is -0.132. The highest BCUT2D eigenvalue weighted by Gasteiger charge is 2.27. The molecular formula is C23H27ClN4O. The summed E-state index contributed by atoms with van der Waals surface area (Å²) in [6.45, 7) is 1.35. The van der Waals surface area contributed by atoms with Crippen molar-refractivity contribution in [1.29, 1.82) is 0 Å². The topological polar surface area (TPSA) is 64.2 Å². The average molecular weight is 411 g/mol. The maximum Gasteiger partial charge on any atom is 0.239 e. The largest absolute Gasteiger partial charge is 0.341 e. The van der Waals surface area contributed by atoms with Gasteiger partial charge in [-0.25, -0.2) is 0 Å². The molecule has 2 heterocycles. The molecule has 3 aromatic rings. The van der Waals surface area contributed by atoms with Crippen LogP contribution >= 0.6 is 12.4 Å². The zero-order chi connectivity index (χ0) is 19.5. The second-order valence-electron chi connectivity index (χ2n) is 7.38. The van der Waals surface area contributed by atoms with E-state index < -0.39 is 6.04 Å². The maximum atomic E-state index is 12.9. The number of aromatic nitrogens is 2. The minimum absolute atomic E-state index is 0. The first-order valence-electron chi connectivity index (χ1n) is 9.82. The molecule has 4 rings (SSSR count). The predicted molar refractivity (Wildman–Crippen MR) is 118 cm³/mol. The van der Waals surface area contributed by atoms with Crippen LogP contribution in [0.3, 0.4) is 0 Å². The molecule has 0 aliphatic carbocycles. The monoisotopic (exact) mass is 410 g/mol. The molecule has 0 saturated heterocycles. The second kappa shape index (κ2) is 9.25. The normalized spacial score (nSPS) is 14.5. The summed E-state index contributed by atoms with van der Waals surface area (Å²) in [4.78, 5) is 14.8. The van der Waals surface area contributed by atoms with Crippen molar-refractivity contribution >= 4 is 18.3 Å². The number of nitrogens with two attached hydrogens (primary N) is 1. The Morgan fingerprint density at radius 3 is 2.34 bits per heavy atom. The van der Waals surface area contributed by atoms with Crippen molar-refractivity contribution in [3.05, 3.63) is 77.5 Å². The fourth-order valence-electron chi connectivity index (χ4n) is 4.05. The van der Waals surface area contributed by atoms with E-state index in [1.54, 1.807) is 0 Å². The van der Waals surface area contributed by atoms with Crippen LogP contribution in [0, 0.1) is 0 Å². The summed E-state index contributed by atoms with van der Waals surface area (Å²) in [6.07, 6.45) is 2.13. The molecule has 1 aromatic heterocycles. The third-order valence-corrected chi connectivity index (χ3v) is 5.45. The van der Waals surface area contributed by atoms with E-state index in [2.05, 4.69) is 12.1 Å². The Hall–Kier alpha value is -2.63. The van der Waals surface area contributed by atoms with E-state index in [0.29, 0.717) is 19.5 Å². The minimum atomic E-state index is -0.507. The van der Waals surface area contributed by atoms with Crippen molar-refractivity contribution < 1.29 is 4.79 Å². The number of halogens is 1. The van der Waals surface area contributed by atoms with Crippen molar-refractivity contribution in [1.82, 2.24) is 14.7 Å². The molecule has 5 nitrogen and oxygen atoms in total. The van der Waals surface area contributed by atoms with E-state index in [1.807, 2.05) is 65.2 Å². The summed E-state index contributed by atoms with van der Waals surface area (Å²) in [7, 11) is 2.00. The molecule has 0 bridgehead atoms. The van der Waals surface area contributed by atoms with Gasteiger partial charge in [0.25, 0.3) is 0 Å². The zero-order valence-electron chi connectivity index (χ0n) is 16.6. The Morgan fingerprint density at radius 1 is 1.03 bits per heavy atom. The van der Waals surface area contributed by atoms with Gasteiger partial charge < -0.3 is 10.6 Å². The van der Waals surface area contributed by atoms with Gasteiger partial charge in [0.05, 0.1) is 17.4 Å². The molecule has 2 N–H and O–H groups in total. The molecule has 152 valence electrons. The number of carbonyl (C=O) groups is 1. The number of hydrogen-bond acceptors (Lipinski definition) is 3. The molecule has 1 aliphatic rings. The van der Waals surface area contributed by atoms with Gasteiger partial charge in [0.15, 0.2) is 0 Å². The first-order chi connectivity index (χ1) is 13.6. The number of carbonyl (C=O) groups excluding carboxylic acids is 1. The smallest absolute Gasteiger partial charge is 0.239 e. The van der Waals surface area contributed by atoms with Gasteiger partial charge in [-0.1, -0.05) is 60.7 Å². The van der Waals surface area contributed by atoms with Crippen molar-refractivity contribution in [3.63, 3.8) is 0 Å². The van der Waals surface area contributed by atoms with Crippen molar-refractivity contribution in [2.75, 3.05) is 13.1 Å². The Bertz CT molecular complexity index is 956. The predicted octanol–water partition coefficient (Wildman–Crippen LogP) is 3.01. The third-order valence-electron chi connectivity index (χ3n) is 5.45. The molecule has 29 heavy (non-hydrogen) atoms. The highest BCUT2D eigenvalue weighted by molar-refractivity contribution is 5.85. The molecule has 0 spiro atoms. The SMILES string of the molecule is Cl.Cn1nc2c(c1-c1ccccc1)CCN(C(=O)[C@@H](N)Cc1ccccc1)CC2. The van der Waals surface area contributed by atoms with Crippen LogP contribution in [0.5, 0.6) is 0 Å². The molecule has 0 unspecified atom stereocenters. The molecule has 0 fully saturated rings. The van der Waals surface area contributed by atoms with E-state index in [0.717, 1.165) is 29.8 Å². The highest BCUT2D eigenvalue weighted by atomic mass is 35.5. The van der Waals surface area contributed by atoms with Gasteiger partial charge in [0.2, 0.25) is 5.91 Å². The summed E-state index contributed by atoms with van der Waals surface area (Å²) in [5, 5.41) is 4.74. The van der Waals surface area contributed by atoms with Crippen molar-refractivity contribution in [2.45, 2.75) is 25.3 Å². The Labute approximate surface area is 177 Å². The van der Waals surface area contributed by atoms with Crippen molar-refractivity contribution in [2.24, 2.45) is 12.8 Å². The average Bonchev–Trinajstić information content (AvgIpc) is 2.90. The van der Waals surface area contributed by atoms with Crippen LogP contribution in [0.1, 0.15) is 16.8 Å². The van der Waals surface area contributed by atoms with Crippen LogP contribution in [-0.4, -0.2) is 39.7 Å². The molecule has 6 heteroatoms. The van der Waals surface area contributed by atoms with Gasteiger partial charge >= 0.3 is 0 Å². The number of nitrogens with zero attached hydrogens (tertiary/aromatic N) is 3. The lowest BCUT2D eigenvalue weighted by atomic mass is 10.0. The summed E-state index contributed by atoms with van der Waals surface area (Å²) < 4.78 is 1.97. The van der Waals surface area contributed by atoms with E-state index >= 15 is 0 Å². The second-order valence-corrected chi connectivity index (χ2v) is 7.38. The lowest BCUT2D eigenvalue weighted by Gasteiger charge is -2.24. The number of rotatable bonds is 4. The van der Waals surface area contributed by atoms with Crippen molar-refractivity contribution in [3.8, 4) is 11.3 Å². The number of fused-ring (bicyclic) bond motifs is 1. The van der Waals surface area contributed by atoms with Gasteiger partial charge in [-0.2, -0.15) is 5.10 Å². The van der Waals surface area contributed by atoms with E-state index in [-0.39, 0.29) is 18.3 Å². The van der Waals surface area contributed by atoms with Gasteiger partial charge in [0, 0.05) is 37.7 Å². The van der Waals surface area contributed by atoms with Crippen LogP contribution < -0.4 is 5.73 Å². The highest BCUT2D eigenvalue weighted by Crippen LogP contribution is 2.28. The first-order valence-corrected chi connectivity index (χ1v) is 9.82. The van der Waals surface area contributed by atoms with Gasteiger partial charge in [-0.05, 0) is 18.4 Å². The molecule has 1 atom stereocenters. The Morgan fingerprint density at radius 2 is 1.66 bits per heavy atom. The third kappa shape index (κ3) is 4.52. The summed E-state index contributed by atoms with van der Waals surface area (Å²) in [5.41, 5.74) is 12.0. The fraction of sp³-hybridized carbons (Fsp3) is 0.304. The van der Waals surface area contributed by atoms with E-state index in [9.17, 15) is 4.79 Å². The van der Waals surface area contributed by atoms with Gasteiger partial charge in [-0.3, -0.25) is 9.48 Å². The van der Waals surface area contributed by atoms with Gasteiger partial charge in [0.1, 0.15) is 0 Å². The number of aryl methyl sites for hydroxylation is 1. The molecule has 0 saturated carbocycles. The fourth-order valence-corrected chi connectivity index (χ4v) is 4.05. The summed E-state index contributed by atoms with van der Waals surface area (Å²) in [6, 6.07) is 19.8. The molecular weight excluding hydrogens is 384 g/mol. The number of hydrogen-bond donors (Lipinski definition) is 1. The van der Waals surface area contributed by atoms with Crippen LogP contribution in [0.25, 0.3) is 11.3 Å². The molecule has 1 aliphatic heterocycles. The summed E-state index contributed by atoms with van der Waals surface area (Å²) >= 11 is 0. The van der Waals surface area contributed by atoms with E-state index in [1.165, 1.54) is 11.1 Å². The standard InChI is InChI=1S/C23H26N4O.ClH/c1-26-22(18-10-6-3-7-11-18)19-12-14-27(15-13-21(19)25-26)23(28)20(24)16-17-8-4-2-5-9-17;/h2-11,20H,12-16,24H2,1H3;1H/t20-;/m0./s1. The molecule has 1 amide bonds. The van der Waals surface area contributed by atoms with Crippen LogP contribution in [-0.2, 0) is 31.1 Å². The van der Waals surface area contributed by atoms with Crippen LogP contribution in [0.15, 0.2) is 60.7 Å². The number of benzene rings is 2. The van der Waals surface area contributed by atoms with E-state index in [4.69, 9.17) is 10.8 Å². The first kappa shape index (κ1) is 21.1. The lowest BCUT2D eigenvalue weighted by Crippen LogP contribution is -2.46. The Kier molecular flexibility index (Phi) is 6.72. The molecule has 2 aromatic carbocycles. The summed E-state index contributed by atoms with van der Waals surface area (Å²) in [5.74, 6) is 0.0274. The maximum absolute atomic E-state index is 12.9. The van der Waals surface area contributed by atoms with Crippen LogP contribution in [0.2, 0.25) is 0 Å². The van der Waals surface area contributed by atoms with Gasteiger partial charge in [-0.15, -0.1) is 12.4 Å². The number of amides is 1. The zero-order valence-corrected chi connectivity index (χ0v) is 17.4. The Balaban J connectivity index is 0.00000240. The molecule has 0 radical (unpaired) electrons.